The van der Waals surface area contributed by atoms with Gasteiger partial charge in [0.1, 0.15) is 17.2 Å². The monoisotopic (exact) mass is 281 g/mol. The Morgan fingerprint density at radius 1 is 1.42 bits per heavy atom. The fraction of sp³-hybridized carbons (Fsp3) is 0.714. The smallest absolute Gasteiger partial charge is 0.133 e. The van der Waals surface area contributed by atoms with Crippen LogP contribution in [0.2, 0.25) is 0 Å². The van der Waals surface area contributed by atoms with Gasteiger partial charge in [0.2, 0.25) is 0 Å². The van der Waals surface area contributed by atoms with Crippen molar-refractivity contribution in [3.05, 3.63) is 11.9 Å². The lowest BCUT2D eigenvalue weighted by atomic mass is 10.2. The average Bonchev–Trinajstić information content (AvgIpc) is 2.82. The van der Waals surface area contributed by atoms with E-state index in [1.165, 1.54) is 5.56 Å². The Morgan fingerprint density at radius 3 is 2.89 bits per heavy atom. The van der Waals surface area contributed by atoms with E-state index in [9.17, 15) is 0 Å². The van der Waals surface area contributed by atoms with Gasteiger partial charge in [0, 0.05) is 24.0 Å². The maximum Gasteiger partial charge on any atom is 0.133 e. The number of hydrogen-bond acceptors (Lipinski definition) is 5. The van der Waals surface area contributed by atoms with E-state index in [1.807, 2.05) is 11.8 Å². The van der Waals surface area contributed by atoms with Gasteiger partial charge in [-0.25, -0.2) is 9.97 Å². The molecule has 19 heavy (non-hydrogen) atoms. The molecule has 2 heterocycles. The number of nitrogens with one attached hydrogen (secondary N) is 1. The fourth-order valence-electron chi connectivity index (χ4n) is 2.22. The second-order valence-electron chi connectivity index (χ2n) is 4.81. The molecule has 4 nitrogen and oxygen atoms in total. The minimum Gasteiger partial charge on any atom is -0.377 e. The van der Waals surface area contributed by atoms with Crippen molar-refractivity contribution >= 4 is 17.6 Å². The van der Waals surface area contributed by atoms with E-state index in [0.717, 1.165) is 43.3 Å². The Balaban J connectivity index is 2.14. The van der Waals surface area contributed by atoms with Gasteiger partial charge in [0.05, 0.1) is 6.10 Å². The lowest BCUT2D eigenvalue weighted by Gasteiger charge is -2.16. The van der Waals surface area contributed by atoms with Crippen LogP contribution in [0.4, 0.5) is 5.82 Å². The number of thioether (sulfide) groups is 1. The van der Waals surface area contributed by atoms with Gasteiger partial charge in [0.15, 0.2) is 0 Å². The topological polar surface area (TPSA) is 47.0 Å². The predicted octanol–water partition coefficient (Wildman–Crippen LogP) is 3.13. The van der Waals surface area contributed by atoms with E-state index in [4.69, 9.17) is 4.74 Å². The van der Waals surface area contributed by atoms with Gasteiger partial charge in [-0.1, -0.05) is 25.6 Å². The zero-order chi connectivity index (χ0) is 13.7. The first-order valence-corrected chi connectivity index (χ1v) is 8.00. The summed E-state index contributed by atoms with van der Waals surface area (Å²) in [6.45, 7) is 8.29. The minimum absolute atomic E-state index is 0.316. The number of ether oxygens (including phenoxy) is 1. The van der Waals surface area contributed by atoms with Crippen molar-refractivity contribution in [2.75, 3.05) is 18.5 Å². The molecule has 0 bridgehead atoms. The summed E-state index contributed by atoms with van der Waals surface area (Å²) in [4.78, 5) is 8.85. The Morgan fingerprint density at radius 2 is 2.26 bits per heavy atom. The molecule has 2 atom stereocenters. The Kier molecular flexibility index (Phi) is 5.45. The maximum atomic E-state index is 5.63. The van der Waals surface area contributed by atoms with E-state index >= 15 is 0 Å². The highest BCUT2D eigenvalue weighted by atomic mass is 32.2. The summed E-state index contributed by atoms with van der Waals surface area (Å²) in [5.74, 6) is 0.994. The van der Waals surface area contributed by atoms with Crippen LogP contribution in [-0.2, 0) is 11.2 Å². The average molecular weight is 281 g/mol. The van der Waals surface area contributed by atoms with Crippen molar-refractivity contribution in [3.63, 3.8) is 0 Å². The van der Waals surface area contributed by atoms with E-state index in [0.29, 0.717) is 11.4 Å². The van der Waals surface area contributed by atoms with Crippen LogP contribution in [0, 0.1) is 0 Å². The predicted molar refractivity (Wildman–Crippen MR) is 79.9 cm³/mol. The molecule has 106 valence electrons. The fourth-order valence-corrected chi connectivity index (χ4v) is 3.48. The van der Waals surface area contributed by atoms with Gasteiger partial charge in [-0.3, -0.25) is 0 Å². The molecule has 0 aromatic carbocycles. The first-order chi connectivity index (χ1) is 9.26. The molecule has 2 unspecified atom stereocenters. The van der Waals surface area contributed by atoms with E-state index < -0.39 is 0 Å². The molecule has 1 aromatic rings. The van der Waals surface area contributed by atoms with Crippen molar-refractivity contribution in [2.24, 2.45) is 0 Å². The second-order valence-corrected chi connectivity index (χ2v) is 6.04. The Labute approximate surface area is 119 Å². The molecule has 1 fully saturated rings. The van der Waals surface area contributed by atoms with Crippen molar-refractivity contribution < 1.29 is 4.74 Å². The third-order valence-corrected chi connectivity index (χ3v) is 4.87. The number of rotatable bonds is 6. The van der Waals surface area contributed by atoms with Gasteiger partial charge in [-0.2, -0.15) is 0 Å². The van der Waals surface area contributed by atoms with Gasteiger partial charge >= 0.3 is 0 Å². The van der Waals surface area contributed by atoms with Crippen LogP contribution in [0.1, 0.15) is 39.2 Å². The summed E-state index contributed by atoms with van der Waals surface area (Å²) in [6.07, 6.45) is 5.15. The largest absolute Gasteiger partial charge is 0.377 e. The van der Waals surface area contributed by atoms with Crippen LogP contribution in [-0.4, -0.2) is 34.5 Å². The summed E-state index contributed by atoms with van der Waals surface area (Å²) in [7, 11) is 0. The summed E-state index contributed by atoms with van der Waals surface area (Å²) >= 11 is 1.84. The first kappa shape index (κ1) is 14.6. The molecule has 1 aliphatic heterocycles. The van der Waals surface area contributed by atoms with Gasteiger partial charge in [0.25, 0.3) is 0 Å². The number of anilines is 1. The first-order valence-electron chi connectivity index (χ1n) is 7.12. The number of hydrogen-bond donors (Lipinski definition) is 1. The van der Waals surface area contributed by atoms with Gasteiger partial charge in [-0.15, -0.1) is 0 Å². The van der Waals surface area contributed by atoms with Crippen LogP contribution < -0.4 is 5.32 Å². The van der Waals surface area contributed by atoms with Crippen molar-refractivity contribution in [2.45, 2.75) is 56.4 Å². The molecule has 1 aromatic heterocycles. The molecule has 1 saturated heterocycles. The summed E-state index contributed by atoms with van der Waals surface area (Å²) in [5.41, 5.74) is 1.24. The standard InChI is InChI=1S/C14H23N3OS/c1-4-7-15-13-11(5-2)14(17-9-16-13)19-12-6-8-18-10(12)3/h9-10,12H,4-8H2,1-3H3,(H,15,16,17). The summed E-state index contributed by atoms with van der Waals surface area (Å²) < 4.78 is 5.63. The molecule has 0 amide bonds. The van der Waals surface area contributed by atoms with Crippen LogP contribution in [0.3, 0.4) is 0 Å². The third kappa shape index (κ3) is 3.60. The molecule has 1 aliphatic rings. The molecule has 2 rings (SSSR count). The molecule has 0 aliphatic carbocycles. The SMILES string of the molecule is CCCNc1ncnc(SC2CCOC2C)c1CC. The van der Waals surface area contributed by atoms with E-state index in [1.54, 1.807) is 6.33 Å². The number of aromatic nitrogens is 2. The lowest BCUT2D eigenvalue weighted by Crippen LogP contribution is -2.14. The van der Waals surface area contributed by atoms with E-state index in [-0.39, 0.29) is 0 Å². The zero-order valence-electron chi connectivity index (χ0n) is 12.0. The van der Waals surface area contributed by atoms with Crippen molar-refractivity contribution in [1.82, 2.24) is 9.97 Å². The molecule has 5 heteroatoms. The molecule has 0 radical (unpaired) electrons. The third-order valence-electron chi connectivity index (χ3n) is 3.37. The normalized spacial score (nSPS) is 22.7. The molecular weight excluding hydrogens is 258 g/mol. The zero-order valence-corrected chi connectivity index (χ0v) is 12.8. The highest BCUT2D eigenvalue weighted by Crippen LogP contribution is 2.34. The maximum absolute atomic E-state index is 5.63. The number of nitrogens with zero attached hydrogens (tertiary/aromatic N) is 2. The quantitative estimate of drug-likeness (QED) is 0.812. The minimum atomic E-state index is 0.316. The van der Waals surface area contributed by atoms with E-state index in [2.05, 4.69) is 36.1 Å². The highest BCUT2D eigenvalue weighted by Gasteiger charge is 2.26. The van der Waals surface area contributed by atoms with Crippen LogP contribution in [0.5, 0.6) is 0 Å². The summed E-state index contributed by atoms with van der Waals surface area (Å²) in [5, 5.41) is 5.02. The summed E-state index contributed by atoms with van der Waals surface area (Å²) in [6, 6.07) is 0. The molecular formula is C14H23N3OS. The van der Waals surface area contributed by atoms with Crippen molar-refractivity contribution in [1.29, 1.82) is 0 Å². The molecule has 0 saturated carbocycles. The molecule has 1 N–H and O–H groups in total. The lowest BCUT2D eigenvalue weighted by molar-refractivity contribution is 0.127. The second kappa shape index (κ2) is 7.10. The molecule has 0 spiro atoms. The van der Waals surface area contributed by atoms with Crippen molar-refractivity contribution in [3.8, 4) is 0 Å². The van der Waals surface area contributed by atoms with Crippen LogP contribution >= 0.6 is 11.8 Å². The van der Waals surface area contributed by atoms with Crippen LogP contribution in [0.15, 0.2) is 11.4 Å². The van der Waals surface area contributed by atoms with Crippen LogP contribution in [0.25, 0.3) is 0 Å². The van der Waals surface area contributed by atoms with Gasteiger partial charge < -0.3 is 10.1 Å². The Bertz CT molecular complexity index is 414. The Hall–Kier alpha value is -0.810. The van der Waals surface area contributed by atoms with Gasteiger partial charge in [-0.05, 0) is 26.2 Å². The highest BCUT2D eigenvalue weighted by molar-refractivity contribution is 8.00.